The zero-order valence-corrected chi connectivity index (χ0v) is 17.7. The molecule has 154 valence electrons. The summed E-state index contributed by atoms with van der Waals surface area (Å²) < 4.78 is 5.37. The number of morpholine rings is 1. The molecule has 2 aromatic rings. The number of rotatable bonds is 6. The number of nitrogens with zero attached hydrogens (tertiary/aromatic N) is 1. The molecule has 0 bridgehead atoms. The van der Waals surface area contributed by atoms with Crippen LogP contribution in [-0.2, 0) is 21.5 Å². The van der Waals surface area contributed by atoms with Crippen LogP contribution < -0.4 is 11.1 Å². The van der Waals surface area contributed by atoms with Crippen molar-refractivity contribution in [3.05, 3.63) is 65.7 Å². The highest BCUT2D eigenvalue weighted by Crippen LogP contribution is 2.20. The second kappa shape index (κ2) is 11.4. The van der Waals surface area contributed by atoms with Crippen molar-refractivity contribution in [3.8, 4) is 0 Å². The highest BCUT2D eigenvalue weighted by atomic mass is 35.5. The van der Waals surface area contributed by atoms with E-state index in [0.717, 1.165) is 50.5 Å². The largest absolute Gasteiger partial charge is 0.379 e. The molecule has 1 saturated heterocycles. The molecule has 1 heterocycles. The van der Waals surface area contributed by atoms with Gasteiger partial charge in [-0.1, -0.05) is 42.5 Å². The van der Waals surface area contributed by atoms with Gasteiger partial charge >= 0.3 is 0 Å². The summed E-state index contributed by atoms with van der Waals surface area (Å²) in [4.78, 5) is 15.0. The lowest BCUT2D eigenvalue weighted by Gasteiger charge is -2.26. The summed E-state index contributed by atoms with van der Waals surface area (Å²) in [6.45, 7) is 6.41. The van der Waals surface area contributed by atoms with Crippen molar-refractivity contribution >= 4 is 36.4 Å². The van der Waals surface area contributed by atoms with Crippen LogP contribution in [0.5, 0.6) is 0 Å². The van der Waals surface area contributed by atoms with Crippen molar-refractivity contribution in [1.29, 1.82) is 0 Å². The van der Waals surface area contributed by atoms with E-state index in [1.807, 2.05) is 42.5 Å². The Kier molecular flexibility index (Phi) is 9.93. The predicted molar refractivity (Wildman–Crippen MR) is 119 cm³/mol. The van der Waals surface area contributed by atoms with E-state index in [-0.39, 0.29) is 30.7 Å². The number of nitrogens with one attached hydrogen (secondary N) is 1. The Labute approximate surface area is 179 Å². The molecule has 1 atom stereocenters. The van der Waals surface area contributed by atoms with Crippen molar-refractivity contribution in [3.63, 3.8) is 0 Å². The Hall–Kier alpha value is -1.63. The Morgan fingerprint density at radius 1 is 1.07 bits per heavy atom. The molecule has 3 N–H and O–H groups in total. The number of anilines is 1. The average Bonchev–Trinajstić information content (AvgIpc) is 2.69. The number of ether oxygens (including phenoxy) is 1. The number of carbonyl (C=O) groups excluding carboxylic acids is 1. The molecule has 0 aromatic heterocycles. The van der Waals surface area contributed by atoms with Crippen molar-refractivity contribution in [2.45, 2.75) is 18.9 Å². The highest BCUT2D eigenvalue weighted by molar-refractivity contribution is 5.98. The van der Waals surface area contributed by atoms with Gasteiger partial charge in [-0.3, -0.25) is 9.69 Å². The van der Waals surface area contributed by atoms with E-state index in [9.17, 15) is 4.79 Å². The maximum absolute atomic E-state index is 12.6. The molecule has 1 unspecified atom stereocenters. The number of hydrogen-bond donors (Lipinski definition) is 2. The van der Waals surface area contributed by atoms with Gasteiger partial charge < -0.3 is 15.8 Å². The average molecular weight is 426 g/mol. The van der Waals surface area contributed by atoms with Gasteiger partial charge in [-0.2, -0.15) is 0 Å². The van der Waals surface area contributed by atoms with Gasteiger partial charge in [0.15, 0.2) is 0 Å². The first kappa shape index (κ1) is 24.4. The van der Waals surface area contributed by atoms with Crippen LogP contribution in [0.15, 0.2) is 54.6 Å². The third-order valence-electron chi connectivity index (χ3n) is 4.88. The molecule has 0 aliphatic carbocycles. The summed E-state index contributed by atoms with van der Waals surface area (Å²) in [5, 5.41) is 2.92. The first-order chi connectivity index (χ1) is 12.6. The van der Waals surface area contributed by atoms with E-state index in [1.54, 1.807) is 6.92 Å². The fourth-order valence-electron chi connectivity index (χ4n) is 3.04. The minimum atomic E-state index is -1.07. The van der Waals surface area contributed by atoms with Crippen LogP contribution in [-0.4, -0.2) is 43.7 Å². The molecule has 0 spiro atoms. The second-order valence-corrected chi connectivity index (χ2v) is 6.92. The molecule has 0 radical (unpaired) electrons. The molecule has 1 amide bonds. The van der Waals surface area contributed by atoms with Crippen LogP contribution in [0, 0.1) is 0 Å². The molecule has 1 fully saturated rings. The number of hydrogen-bond acceptors (Lipinski definition) is 4. The monoisotopic (exact) mass is 425 g/mol. The van der Waals surface area contributed by atoms with Gasteiger partial charge in [-0.25, -0.2) is 0 Å². The minimum absolute atomic E-state index is 0. The van der Waals surface area contributed by atoms with Gasteiger partial charge in [0.1, 0.15) is 5.54 Å². The second-order valence-electron chi connectivity index (χ2n) is 6.92. The third-order valence-corrected chi connectivity index (χ3v) is 4.88. The summed E-state index contributed by atoms with van der Waals surface area (Å²) >= 11 is 0. The Morgan fingerprint density at radius 2 is 1.68 bits per heavy atom. The highest BCUT2D eigenvalue weighted by Gasteiger charge is 2.30. The van der Waals surface area contributed by atoms with Crippen molar-refractivity contribution in [2.24, 2.45) is 5.73 Å². The van der Waals surface area contributed by atoms with E-state index in [2.05, 4.69) is 22.3 Å². The predicted octanol–water partition coefficient (Wildman–Crippen LogP) is 3.22. The first-order valence-corrected chi connectivity index (χ1v) is 9.10. The van der Waals surface area contributed by atoms with Crippen LogP contribution in [0.2, 0.25) is 0 Å². The van der Waals surface area contributed by atoms with E-state index >= 15 is 0 Å². The molecule has 1 aliphatic rings. The number of benzene rings is 2. The SMILES string of the molecule is CC(N)(C(=O)Nc1ccc(CCN2CCOCC2)cc1)c1ccccc1.Cl.Cl. The molecule has 0 saturated carbocycles. The van der Waals surface area contributed by atoms with Crippen molar-refractivity contribution in [2.75, 3.05) is 38.2 Å². The van der Waals surface area contributed by atoms with Gasteiger partial charge in [-0.15, -0.1) is 24.8 Å². The minimum Gasteiger partial charge on any atom is -0.379 e. The molecule has 3 rings (SSSR count). The quantitative estimate of drug-likeness (QED) is 0.745. The van der Waals surface area contributed by atoms with Crippen molar-refractivity contribution < 1.29 is 9.53 Å². The summed E-state index contributed by atoms with van der Waals surface area (Å²) in [6, 6.07) is 17.4. The van der Waals surface area contributed by atoms with Crippen LogP contribution in [0.1, 0.15) is 18.1 Å². The summed E-state index contributed by atoms with van der Waals surface area (Å²) in [6.07, 6.45) is 0.993. The fourth-order valence-corrected chi connectivity index (χ4v) is 3.04. The molecule has 7 heteroatoms. The number of nitrogens with two attached hydrogens (primary N) is 1. The van der Waals surface area contributed by atoms with E-state index in [0.29, 0.717) is 0 Å². The topological polar surface area (TPSA) is 67.6 Å². The molecule has 28 heavy (non-hydrogen) atoms. The van der Waals surface area contributed by atoms with Crippen LogP contribution in [0.25, 0.3) is 0 Å². The van der Waals surface area contributed by atoms with Crippen molar-refractivity contribution in [1.82, 2.24) is 4.90 Å². The Balaban J connectivity index is 0.00000196. The summed E-state index contributed by atoms with van der Waals surface area (Å²) in [5.74, 6) is -0.218. The Bertz CT molecular complexity index is 718. The third kappa shape index (κ3) is 6.47. The van der Waals surface area contributed by atoms with E-state index < -0.39 is 5.54 Å². The molecular formula is C21H29Cl2N3O2. The normalized spacial score (nSPS) is 16.2. The maximum atomic E-state index is 12.6. The van der Waals surface area contributed by atoms with Crippen LogP contribution in [0.4, 0.5) is 5.69 Å². The van der Waals surface area contributed by atoms with Gasteiger partial charge in [0.2, 0.25) is 5.91 Å². The van der Waals surface area contributed by atoms with Gasteiger partial charge in [0, 0.05) is 25.3 Å². The fraction of sp³-hybridized carbons (Fsp3) is 0.381. The van der Waals surface area contributed by atoms with Crippen LogP contribution in [0.3, 0.4) is 0 Å². The lowest BCUT2D eigenvalue weighted by molar-refractivity contribution is -0.120. The van der Waals surface area contributed by atoms with Crippen LogP contribution >= 0.6 is 24.8 Å². The maximum Gasteiger partial charge on any atom is 0.248 e. The first-order valence-electron chi connectivity index (χ1n) is 9.10. The van der Waals surface area contributed by atoms with E-state index in [4.69, 9.17) is 10.5 Å². The molecular weight excluding hydrogens is 397 g/mol. The zero-order chi connectivity index (χ0) is 18.4. The lowest BCUT2D eigenvalue weighted by Crippen LogP contribution is -2.45. The lowest BCUT2D eigenvalue weighted by atomic mass is 9.92. The number of amides is 1. The standard InChI is InChI=1S/C21H27N3O2.2ClH/c1-21(22,18-5-3-2-4-6-18)20(25)23-19-9-7-17(8-10-19)11-12-24-13-15-26-16-14-24;;/h2-10H,11-16,22H2,1H3,(H,23,25);2*1H. The smallest absolute Gasteiger partial charge is 0.248 e. The summed E-state index contributed by atoms with van der Waals surface area (Å²) in [5.41, 5.74) is 8.00. The summed E-state index contributed by atoms with van der Waals surface area (Å²) in [7, 11) is 0. The molecule has 5 nitrogen and oxygen atoms in total. The van der Waals surface area contributed by atoms with Gasteiger partial charge in [0.25, 0.3) is 0 Å². The van der Waals surface area contributed by atoms with Gasteiger partial charge in [-0.05, 0) is 36.6 Å². The zero-order valence-electron chi connectivity index (χ0n) is 16.1. The number of halogens is 2. The molecule has 1 aliphatic heterocycles. The van der Waals surface area contributed by atoms with Gasteiger partial charge in [0.05, 0.1) is 13.2 Å². The molecule has 2 aromatic carbocycles. The Morgan fingerprint density at radius 3 is 2.29 bits per heavy atom. The number of carbonyl (C=O) groups is 1. The van der Waals surface area contributed by atoms with E-state index in [1.165, 1.54) is 5.56 Å².